The van der Waals surface area contributed by atoms with Crippen molar-refractivity contribution >= 4 is 17.5 Å². The van der Waals surface area contributed by atoms with Crippen molar-refractivity contribution in [1.29, 1.82) is 0 Å². The van der Waals surface area contributed by atoms with Crippen LogP contribution in [0.4, 0.5) is 18.9 Å². The zero-order valence-corrected chi connectivity index (χ0v) is 16.1. The van der Waals surface area contributed by atoms with Gasteiger partial charge in [0.15, 0.2) is 0 Å². The van der Waals surface area contributed by atoms with Gasteiger partial charge in [-0.05, 0) is 34.4 Å². The standard InChI is InChI=1S/C25H16F3NO2/c26-25(27,28)17-11-5-6-12-18(17)29-23(30)21-19-13-7-1-2-8-14(13)20(22(21)24(29)31)16-10-4-3-9-15(16)19/h1-12,19-22H/t19?,20?,21-,22-/m0/s1. The van der Waals surface area contributed by atoms with Crippen LogP contribution in [0.5, 0.6) is 0 Å². The molecule has 0 aromatic heterocycles. The molecular weight excluding hydrogens is 403 g/mol. The maximum Gasteiger partial charge on any atom is 0.418 e. The lowest BCUT2D eigenvalue weighted by Crippen LogP contribution is -2.41. The lowest BCUT2D eigenvalue weighted by molar-refractivity contribution is -0.137. The van der Waals surface area contributed by atoms with Gasteiger partial charge < -0.3 is 0 Å². The Morgan fingerprint density at radius 3 is 1.42 bits per heavy atom. The molecule has 1 aliphatic heterocycles. The molecule has 3 aromatic carbocycles. The second-order valence-corrected chi connectivity index (χ2v) is 8.29. The van der Waals surface area contributed by atoms with Crippen LogP contribution in [-0.4, -0.2) is 11.8 Å². The van der Waals surface area contributed by atoms with E-state index in [4.69, 9.17) is 0 Å². The molecule has 3 aromatic rings. The van der Waals surface area contributed by atoms with Crippen LogP contribution in [0.15, 0.2) is 72.8 Å². The molecule has 1 fully saturated rings. The Hall–Kier alpha value is -3.41. The van der Waals surface area contributed by atoms with Gasteiger partial charge in [-0.3, -0.25) is 9.59 Å². The minimum Gasteiger partial charge on any atom is -0.274 e. The zero-order chi connectivity index (χ0) is 21.5. The third-order valence-corrected chi connectivity index (χ3v) is 6.90. The van der Waals surface area contributed by atoms with Crippen LogP contribution in [0.25, 0.3) is 0 Å². The smallest absolute Gasteiger partial charge is 0.274 e. The zero-order valence-electron chi connectivity index (χ0n) is 16.1. The average molecular weight is 419 g/mol. The molecule has 4 aliphatic rings. The molecule has 1 heterocycles. The quantitative estimate of drug-likeness (QED) is 0.515. The first-order chi connectivity index (χ1) is 14.9. The van der Waals surface area contributed by atoms with Crippen molar-refractivity contribution in [2.75, 3.05) is 4.90 Å². The summed E-state index contributed by atoms with van der Waals surface area (Å²) in [6, 6.07) is 20.2. The van der Waals surface area contributed by atoms with E-state index in [1.165, 1.54) is 18.2 Å². The van der Waals surface area contributed by atoms with E-state index < -0.39 is 35.4 Å². The number of amides is 2. The second kappa shape index (κ2) is 6.06. The molecule has 6 heteroatoms. The number of anilines is 1. The molecule has 3 nitrogen and oxygen atoms in total. The molecule has 2 bridgehead atoms. The predicted octanol–water partition coefficient (Wildman–Crippen LogP) is 5.10. The lowest BCUT2D eigenvalue weighted by atomic mass is 9.55. The minimum atomic E-state index is -4.67. The summed E-state index contributed by atoms with van der Waals surface area (Å²) in [7, 11) is 0. The summed E-state index contributed by atoms with van der Waals surface area (Å²) in [6.07, 6.45) is -4.67. The molecule has 7 rings (SSSR count). The Morgan fingerprint density at radius 2 is 1.00 bits per heavy atom. The van der Waals surface area contributed by atoms with Crippen molar-refractivity contribution in [2.24, 2.45) is 11.8 Å². The van der Waals surface area contributed by atoms with Crippen molar-refractivity contribution in [1.82, 2.24) is 0 Å². The maximum atomic E-state index is 13.7. The molecule has 1 saturated heterocycles. The fraction of sp³-hybridized carbons (Fsp3) is 0.200. The fourth-order valence-corrected chi connectivity index (χ4v) is 5.82. The van der Waals surface area contributed by atoms with Crippen molar-refractivity contribution in [3.05, 3.63) is 101 Å². The van der Waals surface area contributed by atoms with Crippen LogP contribution in [0.1, 0.15) is 39.7 Å². The maximum absolute atomic E-state index is 13.7. The summed E-state index contributed by atoms with van der Waals surface area (Å²) in [5.41, 5.74) is 2.59. The molecule has 0 unspecified atom stereocenters. The van der Waals surface area contributed by atoms with Crippen LogP contribution in [0.3, 0.4) is 0 Å². The van der Waals surface area contributed by atoms with E-state index in [0.29, 0.717) is 0 Å². The molecule has 31 heavy (non-hydrogen) atoms. The largest absolute Gasteiger partial charge is 0.418 e. The Balaban J connectivity index is 1.56. The summed E-state index contributed by atoms with van der Waals surface area (Å²) in [6.45, 7) is 0. The van der Waals surface area contributed by atoms with Crippen LogP contribution in [0.2, 0.25) is 0 Å². The van der Waals surface area contributed by atoms with Gasteiger partial charge in [0.05, 0.1) is 23.1 Å². The van der Waals surface area contributed by atoms with Crippen molar-refractivity contribution in [3.63, 3.8) is 0 Å². The lowest BCUT2D eigenvalue weighted by Gasteiger charge is -2.45. The van der Waals surface area contributed by atoms with Gasteiger partial charge in [-0.1, -0.05) is 60.7 Å². The Kier molecular flexibility index (Phi) is 3.59. The number of nitrogens with zero attached hydrogens (tertiary/aromatic N) is 1. The molecule has 2 amide bonds. The van der Waals surface area contributed by atoms with Gasteiger partial charge in [-0.2, -0.15) is 13.2 Å². The predicted molar refractivity (Wildman–Crippen MR) is 107 cm³/mol. The number of carbonyl (C=O) groups excluding carboxylic acids is 2. The van der Waals surface area contributed by atoms with Crippen LogP contribution in [-0.2, 0) is 15.8 Å². The van der Waals surface area contributed by atoms with E-state index >= 15 is 0 Å². The number of alkyl halides is 3. The SMILES string of the molecule is O=C1[C@H]2C3c4ccccc4C(c4ccccc43)[C@@H]2C(=O)N1c1ccccc1C(F)(F)F. The normalized spacial score (nSPS) is 26.0. The van der Waals surface area contributed by atoms with E-state index in [1.54, 1.807) is 0 Å². The molecular formula is C25H16F3NO2. The van der Waals surface area contributed by atoms with Gasteiger partial charge in [-0.25, -0.2) is 4.90 Å². The van der Waals surface area contributed by atoms with E-state index in [-0.39, 0.29) is 17.5 Å². The Morgan fingerprint density at radius 1 is 0.613 bits per heavy atom. The first-order valence-corrected chi connectivity index (χ1v) is 10.1. The average Bonchev–Trinajstić information content (AvgIpc) is 3.04. The molecule has 0 radical (unpaired) electrons. The summed E-state index contributed by atoms with van der Waals surface area (Å²) in [5, 5.41) is 0. The highest BCUT2D eigenvalue weighted by Gasteiger charge is 2.62. The van der Waals surface area contributed by atoms with Gasteiger partial charge in [0.1, 0.15) is 0 Å². The van der Waals surface area contributed by atoms with E-state index in [1.807, 2.05) is 48.5 Å². The fourth-order valence-electron chi connectivity index (χ4n) is 5.82. The van der Waals surface area contributed by atoms with E-state index in [9.17, 15) is 22.8 Å². The summed E-state index contributed by atoms with van der Waals surface area (Å²) in [5.74, 6) is -3.20. The summed E-state index contributed by atoms with van der Waals surface area (Å²) in [4.78, 5) is 27.9. The van der Waals surface area contributed by atoms with Gasteiger partial charge in [-0.15, -0.1) is 0 Å². The number of hydrogen-bond acceptors (Lipinski definition) is 2. The molecule has 0 saturated carbocycles. The molecule has 0 spiro atoms. The second-order valence-electron chi connectivity index (χ2n) is 8.29. The molecule has 0 N–H and O–H groups in total. The number of benzene rings is 3. The van der Waals surface area contributed by atoms with Gasteiger partial charge >= 0.3 is 6.18 Å². The van der Waals surface area contributed by atoms with E-state index in [2.05, 4.69) is 0 Å². The highest BCUT2D eigenvalue weighted by molar-refractivity contribution is 6.23. The topological polar surface area (TPSA) is 37.4 Å². The first-order valence-electron chi connectivity index (χ1n) is 10.1. The van der Waals surface area contributed by atoms with Gasteiger partial charge in [0, 0.05) is 11.8 Å². The van der Waals surface area contributed by atoms with Gasteiger partial charge in [0.25, 0.3) is 0 Å². The summed E-state index contributed by atoms with van der Waals surface area (Å²) >= 11 is 0. The molecule has 2 atom stereocenters. The Bertz CT molecular complexity index is 1150. The summed E-state index contributed by atoms with van der Waals surface area (Å²) < 4.78 is 41.0. The van der Waals surface area contributed by atoms with Crippen LogP contribution < -0.4 is 4.90 Å². The number of hydrogen-bond donors (Lipinski definition) is 0. The minimum absolute atomic E-state index is 0.345. The number of carbonyl (C=O) groups is 2. The number of imide groups is 1. The number of rotatable bonds is 1. The van der Waals surface area contributed by atoms with E-state index in [0.717, 1.165) is 33.2 Å². The number of para-hydroxylation sites is 1. The number of halogens is 3. The van der Waals surface area contributed by atoms with Crippen molar-refractivity contribution < 1.29 is 22.8 Å². The van der Waals surface area contributed by atoms with Crippen LogP contribution >= 0.6 is 0 Å². The first kappa shape index (κ1) is 18.4. The monoisotopic (exact) mass is 419 g/mol. The third-order valence-electron chi connectivity index (χ3n) is 6.90. The highest BCUT2D eigenvalue weighted by Crippen LogP contribution is 2.61. The van der Waals surface area contributed by atoms with Crippen molar-refractivity contribution in [2.45, 2.75) is 18.0 Å². The van der Waals surface area contributed by atoms with Crippen LogP contribution in [0, 0.1) is 11.8 Å². The third kappa shape index (κ3) is 2.30. The van der Waals surface area contributed by atoms with Gasteiger partial charge in [0.2, 0.25) is 11.8 Å². The molecule has 154 valence electrons. The highest BCUT2D eigenvalue weighted by atomic mass is 19.4. The Labute approximate surface area is 176 Å². The molecule has 3 aliphatic carbocycles. The van der Waals surface area contributed by atoms with Crippen molar-refractivity contribution in [3.8, 4) is 0 Å².